The average molecular weight is 402 g/mol. The van der Waals surface area contributed by atoms with Crippen molar-refractivity contribution in [2.45, 2.75) is 65.5 Å². The molecule has 28 heavy (non-hydrogen) atoms. The predicted octanol–water partition coefficient (Wildman–Crippen LogP) is 0.852. The fraction of sp³-hybridized carbons (Fsp3) is 0.611. The highest BCUT2D eigenvalue weighted by atomic mass is 16.6. The largest absolute Gasteiger partial charge is 0.466 e. The van der Waals surface area contributed by atoms with Crippen molar-refractivity contribution in [2.75, 3.05) is 6.61 Å². The molecule has 0 rings (SSSR count). The Kier molecular flexibility index (Phi) is 11.2. The second kappa shape index (κ2) is 12.5. The van der Waals surface area contributed by atoms with Crippen molar-refractivity contribution in [3.63, 3.8) is 0 Å². The van der Waals surface area contributed by atoms with Gasteiger partial charge in [-0.15, -0.1) is 0 Å². The third-order valence-corrected chi connectivity index (χ3v) is 3.18. The number of esters is 5. The van der Waals surface area contributed by atoms with Gasteiger partial charge in [0, 0.05) is 41.0 Å². The number of carbonyl (C=O) groups excluding carboxylic acids is 5. The van der Waals surface area contributed by atoms with E-state index in [9.17, 15) is 24.0 Å². The van der Waals surface area contributed by atoms with Gasteiger partial charge in [0.1, 0.15) is 6.10 Å². The van der Waals surface area contributed by atoms with Gasteiger partial charge in [0.2, 0.25) is 0 Å². The van der Waals surface area contributed by atoms with Crippen LogP contribution in [0.5, 0.6) is 0 Å². The van der Waals surface area contributed by atoms with Crippen LogP contribution in [-0.4, -0.2) is 60.9 Å². The van der Waals surface area contributed by atoms with Gasteiger partial charge in [-0.25, -0.2) is 0 Å². The Morgan fingerprint density at radius 1 is 0.714 bits per heavy atom. The lowest BCUT2D eigenvalue weighted by molar-refractivity contribution is -0.195. The second-order valence-electron chi connectivity index (χ2n) is 5.73. The minimum absolute atomic E-state index is 0.0706. The minimum atomic E-state index is -1.36. The Morgan fingerprint density at radius 3 is 1.57 bits per heavy atom. The van der Waals surface area contributed by atoms with Crippen LogP contribution in [0.25, 0.3) is 0 Å². The van der Waals surface area contributed by atoms with Crippen molar-refractivity contribution in [1.82, 2.24) is 0 Å². The van der Waals surface area contributed by atoms with Crippen LogP contribution in [0.4, 0.5) is 0 Å². The molecule has 0 saturated carbocycles. The van der Waals surface area contributed by atoms with Crippen molar-refractivity contribution in [3.05, 3.63) is 12.7 Å². The lowest BCUT2D eigenvalue weighted by atomic mass is 9.99. The first-order valence-corrected chi connectivity index (χ1v) is 8.42. The predicted molar refractivity (Wildman–Crippen MR) is 93.7 cm³/mol. The molecule has 0 fully saturated rings. The molecule has 0 radical (unpaired) electrons. The van der Waals surface area contributed by atoms with E-state index in [1.807, 2.05) is 0 Å². The second-order valence-corrected chi connectivity index (χ2v) is 5.73. The summed E-state index contributed by atoms with van der Waals surface area (Å²) in [5.74, 6) is -3.51. The van der Waals surface area contributed by atoms with Gasteiger partial charge in [0.05, 0.1) is 6.61 Å². The first kappa shape index (κ1) is 25.1. The molecular formula is C18H26O10. The van der Waals surface area contributed by atoms with Crippen LogP contribution >= 0.6 is 0 Å². The molecule has 4 atom stereocenters. The zero-order chi connectivity index (χ0) is 21.9. The molecule has 0 heterocycles. The quantitative estimate of drug-likeness (QED) is 0.278. The maximum atomic E-state index is 11.6. The van der Waals surface area contributed by atoms with Crippen LogP contribution in [0.2, 0.25) is 0 Å². The summed E-state index contributed by atoms with van der Waals surface area (Å²) in [6, 6.07) is 0. The summed E-state index contributed by atoms with van der Waals surface area (Å²) in [6.07, 6.45) is -3.96. The molecule has 0 aliphatic carbocycles. The summed E-state index contributed by atoms with van der Waals surface area (Å²) in [6.45, 7) is 9.02. The van der Waals surface area contributed by atoms with E-state index in [0.29, 0.717) is 0 Å². The van der Waals surface area contributed by atoms with Crippen LogP contribution in [0, 0.1) is 0 Å². The van der Waals surface area contributed by atoms with Gasteiger partial charge < -0.3 is 23.7 Å². The van der Waals surface area contributed by atoms with E-state index in [0.717, 1.165) is 27.7 Å². The Bertz CT molecular complexity index is 597. The lowest BCUT2D eigenvalue weighted by Gasteiger charge is -2.34. The van der Waals surface area contributed by atoms with Crippen LogP contribution in [0.3, 0.4) is 0 Å². The van der Waals surface area contributed by atoms with Gasteiger partial charge in [-0.2, -0.15) is 0 Å². The minimum Gasteiger partial charge on any atom is -0.466 e. The van der Waals surface area contributed by atoms with Crippen LogP contribution in [-0.2, 0) is 47.7 Å². The Balaban J connectivity index is 5.94. The van der Waals surface area contributed by atoms with Gasteiger partial charge in [0.25, 0.3) is 0 Å². The zero-order valence-corrected chi connectivity index (χ0v) is 16.6. The van der Waals surface area contributed by atoms with E-state index in [4.69, 9.17) is 23.7 Å². The van der Waals surface area contributed by atoms with E-state index in [1.54, 1.807) is 0 Å². The molecule has 0 aromatic carbocycles. The van der Waals surface area contributed by atoms with Crippen molar-refractivity contribution >= 4 is 29.8 Å². The molecule has 0 aromatic heterocycles. The molecule has 0 N–H and O–H groups in total. The molecule has 10 heteroatoms. The van der Waals surface area contributed by atoms with Crippen molar-refractivity contribution in [1.29, 1.82) is 0 Å². The molecule has 0 aliphatic rings. The third kappa shape index (κ3) is 10.3. The highest BCUT2D eigenvalue weighted by Crippen LogP contribution is 2.22. The first-order chi connectivity index (χ1) is 13.0. The summed E-state index contributed by atoms with van der Waals surface area (Å²) in [5.41, 5.74) is 0. The van der Waals surface area contributed by atoms with Gasteiger partial charge in [-0.1, -0.05) is 6.58 Å². The molecule has 0 amide bonds. The number of carbonyl (C=O) groups is 5. The molecule has 158 valence electrons. The highest BCUT2D eigenvalue weighted by Gasteiger charge is 2.42. The molecule has 0 unspecified atom stereocenters. The third-order valence-electron chi connectivity index (χ3n) is 3.18. The van der Waals surface area contributed by atoms with Gasteiger partial charge in [-0.05, 0) is 6.08 Å². The summed E-state index contributed by atoms with van der Waals surface area (Å²) in [4.78, 5) is 57.1. The molecule has 0 spiro atoms. The van der Waals surface area contributed by atoms with Crippen LogP contribution < -0.4 is 0 Å². The molecule has 0 aliphatic heterocycles. The smallest absolute Gasteiger partial charge is 0.303 e. The van der Waals surface area contributed by atoms with Gasteiger partial charge in [0.15, 0.2) is 18.3 Å². The maximum absolute atomic E-state index is 11.6. The normalized spacial score (nSPS) is 14.5. The lowest BCUT2D eigenvalue weighted by Crippen LogP contribution is -2.51. The van der Waals surface area contributed by atoms with Gasteiger partial charge >= 0.3 is 29.8 Å². The molecule has 0 saturated heterocycles. The van der Waals surface area contributed by atoms with Crippen molar-refractivity contribution in [2.24, 2.45) is 0 Å². The van der Waals surface area contributed by atoms with Crippen LogP contribution in [0.1, 0.15) is 41.0 Å². The Hall–Kier alpha value is -2.91. The monoisotopic (exact) mass is 402 g/mol. The molecule has 0 bridgehead atoms. The van der Waals surface area contributed by atoms with E-state index in [1.165, 1.54) is 13.0 Å². The molecule has 10 nitrogen and oxygen atoms in total. The number of ether oxygens (including phenoxy) is 5. The first-order valence-electron chi connectivity index (χ1n) is 8.42. The standard InChI is InChI=1S/C18H26O10/c1-7-15(25-11(3)20)17(27-13(5)22)18(28-14(6)23)16(26-12(4)21)8-9-24-10(2)19/h7,15-18H,1,8-9H2,2-6H3/t15-,16+,17+,18+/m0/s1. The topological polar surface area (TPSA) is 132 Å². The van der Waals surface area contributed by atoms with Crippen LogP contribution in [0.15, 0.2) is 12.7 Å². The molecule has 0 aromatic rings. The highest BCUT2D eigenvalue weighted by molar-refractivity contribution is 5.69. The Labute approximate surface area is 163 Å². The van der Waals surface area contributed by atoms with E-state index in [-0.39, 0.29) is 13.0 Å². The number of hydrogen-bond acceptors (Lipinski definition) is 10. The van der Waals surface area contributed by atoms with Crippen molar-refractivity contribution in [3.8, 4) is 0 Å². The maximum Gasteiger partial charge on any atom is 0.303 e. The number of hydrogen-bond donors (Lipinski definition) is 0. The zero-order valence-electron chi connectivity index (χ0n) is 16.6. The van der Waals surface area contributed by atoms with E-state index >= 15 is 0 Å². The fourth-order valence-electron chi connectivity index (χ4n) is 2.32. The van der Waals surface area contributed by atoms with E-state index < -0.39 is 54.3 Å². The SMILES string of the molecule is C=C[C@H](OC(C)=O)[C@@H](OC(C)=O)[C@H](OC(C)=O)[C@@H](CCOC(C)=O)OC(C)=O. The summed E-state index contributed by atoms with van der Waals surface area (Å²) in [7, 11) is 0. The summed E-state index contributed by atoms with van der Waals surface area (Å²) >= 11 is 0. The van der Waals surface area contributed by atoms with Gasteiger partial charge in [-0.3, -0.25) is 24.0 Å². The fourth-order valence-corrected chi connectivity index (χ4v) is 2.32. The van der Waals surface area contributed by atoms with E-state index in [2.05, 4.69) is 6.58 Å². The summed E-state index contributed by atoms with van der Waals surface area (Å²) in [5, 5.41) is 0. The van der Waals surface area contributed by atoms with Crippen molar-refractivity contribution < 1.29 is 47.7 Å². The average Bonchev–Trinajstić information content (AvgIpc) is 2.53. The Morgan fingerprint density at radius 2 is 1.18 bits per heavy atom. The number of rotatable bonds is 11. The molecular weight excluding hydrogens is 376 g/mol. The summed E-state index contributed by atoms with van der Waals surface area (Å²) < 4.78 is 25.5.